The highest BCUT2D eigenvalue weighted by atomic mass is 16.6. The summed E-state index contributed by atoms with van der Waals surface area (Å²) in [5.74, 6) is 0.917. The van der Waals surface area contributed by atoms with Crippen LogP contribution in [0, 0.1) is 24.0 Å². The second-order valence-electron chi connectivity index (χ2n) is 6.96. The first-order valence-corrected chi connectivity index (χ1v) is 9.49. The molecule has 0 aliphatic carbocycles. The number of carbonyl (C=O) groups is 1. The second kappa shape index (κ2) is 8.86. The SMILES string of the molecule is COc1ccc(OC)c(C(C)NC(=O)c2ccn(Cn3nc(C)c([N+](=O)[O-])c3C)n2)c1. The van der Waals surface area contributed by atoms with Crippen LogP contribution in [0.5, 0.6) is 11.5 Å². The predicted molar refractivity (Wildman–Crippen MR) is 111 cm³/mol. The molecule has 1 N–H and O–H groups in total. The highest BCUT2D eigenvalue weighted by Gasteiger charge is 2.22. The Kier molecular flexibility index (Phi) is 6.23. The van der Waals surface area contributed by atoms with Crippen molar-refractivity contribution in [2.75, 3.05) is 14.2 Å². The fourth-order valence-electron chi connectivity index (χ4n) is 3.31. The Morgan fingerprint density at radius 1 is 1.23 bits per heavy atom. The van der Waals surface area contributed by atoms with Gasteiger partial charge in [0, 0.05) is 11.8 Å². The van der Waals surface area contributed by atoms with Crippen molar-refractivity contribution in [3.8, 4) is 11.5 Å². The van der Waals surface area contributed by atoms with Gasteiger partial charge in [-0.25, -0.2) is 4.68 Å². The number of rotatable bonds is 8. The van der Waals surface area contributed by atoms with Gasteiger partial charge < -0.3 is 14.8 Å². The van der Waals surface area contributed by atoms with E-state index in [4.69, 9.17) is 9.47 Å². The summed E-state index contributed by atoms with van der Waals surface area (Å²) in [6, 6.07) is 6.57. The molecule has 0 saturated heterocycles. The number of aryl methyl sites for hydroxylation is 1. The van der Waals surface area contributed by atoms with Crippen molar-refractivity contribution in [3.63, 3.8) is 0 Å². The van der Waals surface area contributed by atoms with Gasteiger partial charge in [-0.15, -0.1) is 0 Å². The van der Waals surface area contributed by atoms with Crippen molar-refractivity contribution < 1.29 is 19.2 Å². The molecule has 11 nitrogen and oxygen atoms in total. The minimum Gasteiger partial charge on any atom is -0.497 e. The topological polar surface area (TPSA) is 126 Å². The standard InChI is InChI=1S/C20H24N6O5/c1-12(16-10-15(30-4)6-7-18(16)31-5)21-20(27)17-8-9-24(23-17)11-25-14(3)19(26(28)29)13(2)22-25/h6-10,12H,11H2,1-5H3,(H,21,27). The summed E-state index contributed by atoms with van der Waals surface area (Å²) in [5, 5.41) is 22.5. The molecule has 0 fully saturated rings. The number of nitro groups is 1. The smallest absolute Gasteiger partial charge is 0.312 e. The summed E-state index contributed by atoms with van der Waals surface area (Å²) in [4.78, 5) is 23.4. The van der Waals surface area contributed by atoms with Gasteiger partial charge in [-0.1, -0.05) is 0 Å². The molecular formula is C20H24N6O5. The molecule has 2 aromatic heterocycles. The molecule has 1 unspecified atom stereocenters. The number of ether oxygens (including phenoxy) is 2. The van der Waals surface area contributed by atoms with Gasteiger partial charge in [-0.3, -0.25) is 19.6 Å². The maximum absolute atomic E-state index is 12.7. The van der Waals surface area contributed by atoms with Gasteiger partial charge in [0.1, 0.15) is 35.2 Å². The highest BCUT2D eigenvalue weighted by molar-refractivity contribution is 5.92. The minimum absolute atomic E-state index is 0.0221. The normalized spacial score (nSPS) is 11.8. The summed E-state index contributed by atoms with van der Waals surface area (Å²) in [7, 11) is 3.13. The molecule has 2 heterocycles. The molecule has 0 saturated carbocycles. The van der Waals surface area contributed by atoms with Crippen LogP contribution in [-0.4, -0.2) is 44.6 Å². The highest BCUT2D eigenvalue weighted by Crippen LogP contribution is 2.29. The van der Waals surface area contributed by atoms with E-state index in [-0.39, 0.29) is 30.0 Å². The Hall–Kier alpha value is -3.89. The Morgan fingerprint density at radius 2 is 1.97 bits per heavy atom. The third-order valence-electron chi connectivity index (χ3n) is 4.93. The lowest BCUT2D eigenvalue weighted by atomic mass is 10.1. The van der Waals surface area contributed by atoms with Gasteiger partial charge in [0.15, 0.2) is 0 Å². The van der Waals surface area contributed by atoms with Crippen LogP contribution in [0.2, 0.25) is 0 Å². The number of benzene rings is 1. The van der Waals surface area contributed by atoms with Crippen LogP contribution in [0.3, 0.4) is 0 Å². The Labute approximate surface area is 178 Å². The number of carbonyl (C=O) groups excluding carboxylic acids is 1. The van der Waals surface area contributed by atoms with Crippen LogP contribution in [0.1, 0.15) is 40.4 Å². The minimum atomic E-state index is -0.454. The van der Waals surface area contributed by atoms with Crippen molar-refractivity contribution in [3.05, 3.63) is 63.2 Å². The average Bonchev–Trinajstić information content (AvgIpc) is 3.31. The van der Waals surface area contributed by atoms with Gasteiger partial charge in [-0.05, 0) is 45.0 Å². The summed E-state index contributed by atoms with van der Waals surface area (Å²) in [6.07, 6.45) is 1.62. The molecule has 164 valence electrons. The largest absolute Gasteiger partial charge is 0.497 e. The van der Waals surface area contributed by atoms with Gasteiger partial charge in [0.2, 0.25) is 0 Å². The van der Waals surface area contributed by atoms with E-state index in [1.807, 2.05) is 6.92 Å². The first-order chi connectivity index (χ1) is 14.7. The number of hydrogen-bond donors (Lipinski definition) is 1. The van der Waals surface area contributed by atoms with E-state index in [0.717, 1.165) is 5.56 Å². The third-order valence-corrected chi connectivity index (χ3v) is 4.93. The molecule has 31 heavy (non-hydrogen) atoms. The van der Waals surface area contributed by atoms with Gasteiger partial charge in [-0.2, -0.15) is 10.2 Å². The summed E-state index contributed by atoms with van der Waals surface area (Å²) in [6.45, 7) is 5.19. The predicted octanol–water partition coefficient (Wildman–Crippen LogP) is 2.62. The van der Waals surface area contributed by atoms with E-state index >= 15 is 0 Å². The molecule has 1 aromatic carbocycles. The molecule has 0 radical (unpaired) electrons. The van der Waals surface area contributed by atoms with E-state index < -0.39 is 4.92 Å². The fraction of sp³-hybridized carbons (Fsp3) is 0.350. The van der Waals surface area contributed by atoms with E-state index in [1.54, 1.807) is 58.5 Å². The Balaban J connectivity index is 1.74. The number of hydrogen-bond acceptors (Lipinski definition) is 7. The summed E-state index contributed by atoms with van der Waals surface area (Å²) < 4.78 is 13.6. The molecule has 1 amide bonds. The van der Waals surface area contributed by atoms with Crippen LogP contribution >= 0.6 is 0 Å². The second-order valence-corrected chi connectivity index (χ2v) is 6.96. The molecule has 3 rings (SSSR count). The Morgan fingerprint density at radius 3 is 2.58 bits per heavy atom. The summed E-state index contributed by atoms with van der Waals surface area (Å²) in [5.41, 5.74) is 1.71. The molecule has 0 bridgehead atoms. The van der Waals surface area contributed by atoms with E-state index in [0.29, 0.717) is 22.9 Å². The number of nitrogens with one attached hydrogen (secondary N) is 1. The molecule has 0 spiro atoms. The van der Waals surface area contributed by atoms with Crippen molar-refractivity contribution in [1.29, 1.82) is 0 Å². The van der Waals surface area contributed by atoms with Crippen molar-refractivity contribution in [2.45, 2.75) is 33.5 Å². The van der Waals surface area contributed by atoms with Gasteiger partial charge >= 0.3 is 5.69 Å². The van der Waals surface area contributed by atoms with Crippen molar-refractivity contribution >= 4 is 11.6 Å². The quantitative estimate of drug-likeness (QED) is 0.432. The number of amides is 1. The lowest BCUT2D eigenvalue weighted by molar-refractivity contribution is -0.386. The zero-order valence-corrected chi connectivity index (χ0v) is 17.9. The fourth-order valence-corrected chi connectivity index (χ4v) is 3.31. The van der Waals surface area contributed by atoms with Crippen LogP contribution in [-0.2, 0) is 6.67 Å². The van der Waals surface area contributed by atoms with Crippen LogP contribution in [0.25, 0.3) is 0 Å². The monoisotopic (exact) mass is 428 g/mol. The third kappa shape index (κ3) is 4.49. The van der Waals surface area contributed by atoms with Gasteiger partial charge in [0.25, 0.3) is 5.91 Å². The van der Waals surface area contributed by atoms with Crippen LogP contribution in [0.15, 0.2) is 30.5 Å². The van der Waals surface area contributed by atoms with Gasteiger partial charge in [0.05, 0.1) is 25.2 Å². The lowest BCUT2D eigenvalue weighted by Crippen LogP contribution is -2.27. The molecule has 0 aliphatic heterocycles. The van der Waals surface area contributed by atoms with E-state index in [9.17, 15) is 14.9 Å². The van der Waals surface area contributed by atoms with E-state index in [2.05, 4.69) is 15.5 Å². The first kappa shape index (κ1) is 21.8. The molecule has 11 heteroatoms. The lowest BCUT2D eigenvalue weighted by Gasteiger charge is -2.17. The maximum atomic E-state index is 12.7. The average molecular weight is 428 g/mol. The zero-order chi connectivity index (χ0) is 22.7. The number of methoxy groups -OCH3 is 2. The number of nitrogens with zero attached hydrogens (tertiary/aromatic N) is 5. The zero-order valence-electron chi connectivity index (χ0n) is 17.9. The van der Waals surface area contributed by atoms with E-state index in [1.165, 1.54) is 9.36 Å². The molecule has 3 aromatic rings. The molecular weight excluding hydrogens is 404 g/mol. The maximum Gasteiger partial charge on any atom is 0.312 e. The van der Waals surface area contributed by atoms with Crippen LogP contribution < -0.4 is 14.8 Å². The first-order valence-electron chi connectivity index (χ1n) is 9.49. The number of aromatic nitrogens is 4. The summed E-state index contributed by atoms with van der Waals surface area (Å²) >= 11 is 0. The van der Waals surface area contributed by atoms with Crippen molar-refractivity contribution in [1.82, 2.24) is 24.9 Å². The Bertz CT molecular complexity index is 1120. The molecule has 1 atom stereocenters. The van der Waals surface area contributed by atoms with Crippen LogP contribution in [0.4, 0.5) is 5.69 Å². The molecule has 0 aliphatic rings. The van der Waals surface area contributed by atoms with Crippen molar-refractivity contribution in [2.24, 2.45) is 0 Å².